The number of hydrogen-bond donors (Lipinski definition) is 2. The number of nitrogens with zero attached hydrogens (tertiary/aromatic N) is 1. The minimum atomic E-state index is 0.0344. The molecule has 2 N–H and O–H groups in total. The lowest BCUT2D eigenvalue weighted by molar-refractivity contribution is 0.277. The van der Waals surface area contributed by atoms with E-state index in [0.717, 1.165) is 24.4 Å². The van der Waals surface area contributed by atoms with Crippen LogP contribution < -0.4 is 0 Å². The van der Waals surface area contributed by atoms with Crippen LogP contribution in [0.3, 0.4) is 0 Å². The lowest BCUT2D eigenvalue weighted by Gasteiger charge is -2.03. The molecule has 1 aromatic carbocycles. The molecule has 1 aliphatic rings. The second kappa shape index (κ2) is 3.76. The monoisotopic (exact) mass is 214 g/mol. The van der Waals surface area contributed by atoms with Crippen molar-refractivity contribution in [2.75, 3.05) is 0 Å². The number of aromatic nitrogens is 2. The predicted octanol–water partition coefficient (Wildman–Crippen LogP) is 1.78. The maximum atomic E-state index is 9.00. The van der Waals surface area contributed by atoms with Crippen molar-refractivity contribution >= 4 is 0 Å². The largest absolute Gasteiger partial charge is 0.390 e. The molecule has 2 aromatic rings. The van der Waals surface area contributed by atoms with Crippen molar-refractivity contribution in [3.05, 3.63) is 53.1 Å². The second-order valence-electron chi connectivity index (χ2n) is 4.33. The number of rotatable bonds is 2. The van der Waals surface area contributed by atoms with Crippen molar-refractivity contribution in [3.63, 3.8) is 0 Å². The topological polar surface area (TPSA) is 48.9 Å². The number of imidazole rings is 1. The normalized spacial score (nSPS) is 15.3. The van der Waals surface area contributed by atoms with Gasteiger partial charge in [-0.15, -0.1) is 0 Å². The molecule has 0 saturated carbocycles. The van der Waals surface area contributed by atoms with Gasteiger partial charge in [0.1, 0.15) is 5.82 Å². The molecule has 0 fully saturated rings. The first-order valence-corrected chi connectivity index (χ1v) is 5.58. The number of aromatic amines is 1. The number of fused-ring (bicyclic) bond motifs is 1. The molecule has 0 spiro atoms. The third kappa shape index (κ3) is 1.53. The average molecular weight is 214 g/mol. The summed E-state index contributed by atoms with van der Waals surface area (Å²) in [5.74, 6) is 1.44. The number of aliphatic hydroxyl groups excluding tert-OH is 1. The maximum absolute atomic E-state index is 9.00. The van der Waals surface area contributed by atoms with Gasteiger partial charge in [0, 0.05) is 5.92 Å². The van der Waals surface area contributed by atoms with Gasteiger partial charge in [-0.3, -0.25) is 0 Å². The summed E-state index contributed by atoms with van der Waals surface area (Å²) in [4.78, 5) is 7.52. The van der Waals surface area contributed by atoms with E-state index in [2.05, 4.69) is 34.2 Å². The fourth-order valence-electron chi connectivity index (χ4n) is 2.42. The highest BCUT2D eigenvalue weighted by Crippen LogP contribution is 2.32. The van der Waals surface area contributed by atoms with Gasteiger partial charge in [0.25, 0.3) is 0 Å². The van der Waals surface area contributed by atoms with Crippen LogP contribution in [0.25, 0.3) is 0 Å². The summed E-state index contributed by atoms with van der Waals surface area (Å²) in [5.41, 5.74) is 3.65. The predicted molar refractivity (Wildman–Crippen MR) is 61.1 cm³/mol. The first-order valence-electron chi connectivity index (χ1n) is 5.58. The van der Waals surface area contributed by atoms with Gasteiger partial charge in [-0.2, -0.15) is 0 Å². The van der Waals surface area contributed by atoms with Gasteiger partial charge in [-0.1, -0.05) is 24.3 Å². The van der Waals surface area contributed by atoms with E-state index >= 15 is 0 Å². The van der Waals surface area contributed by atoms with E-state index in [1.54, 1.807) is 6.20 Å². The van der Waals surface area contributed by atoms with E-state index in [4.69, 9.17) is 5.11 Å². The molecule has 3 rings (SSSR count). The first-order chi connectivity index (χ1) is 7.86. The zero-order chi connectivity index (χ0) is 11.0. The van der Waals surface area contributed by atoms with Crippen LogP contribution in [0.5, 0.6) is 0 Å². The summed E-state index contributed by atoms with van der Waals surface area (Å²) in [5, 5.41) is 9.00. The SMILES string of the molecule is OCc1cnc(C2Cc3ccccc3C2)[nH]1. The van der Waals surface area contributed by atoms with Gasteiger partial charge in [-0.25, -0.2) is 4.98 Å². The molecule has 0 bridgehead atoms. The van der Waals surface area contributed by atoms with Crippen molar-refractivity contribution in [1.82, 2.24) is 9.97 Å². The minimum absolute atomic E-state index is 0.0344. The van der Waals surface area contributed by atoms with Crippen LogP contribution >= 0.6 is 0 Å². The Hall–Kier alpha value is -1.61. The van der Waals surface area contributed by atoms with Gasteiger partial charge >= 0.3 is 0 Å². The molecular weight excluding hydrogens is 200 g/mol. The quantitative estimate of drug-likeness (QED) is 0.800. The zero-order valence-corrected chi connectivity index (χ0v) is 8.98. The fourth-order valence-corrected chi connectivity index (χ4v) is 2.42. The molecule has 0 unspecified atom stereocenters. The van der Waals surface area contributed by atoms with Crippen LogP contribution in [-0.4, -0.2) is 15.1 Å². The molecule has 3 nitrogen and oxygen atoms in total. The van der Waals surface area contributed by atoms with Crippen LogP contribution in [-0.2, 0) is 19.4 Å². The first kappa shape index (κ1) is 9.60. The van der Waals surface area contributed by atoms with Crippen LogP contribution in [0.15, 0.2) is 30.5 Å². The summed E-state index contributed by atoms with van der Waals surface area (Å²) in [6.07, 6.45) is 3.82. The second-order valence-corrected chi connectivity index (χ2v) is 4.33. The number of hydrogen-bond acceptors (Lipinski definition) is 2. The highest BCUT2D eigenvalue weighted by Gasteiger charge is 2.24. The Morgan fingerprint density at radius 1 is 1.25 bits per heavy atom. The van der Waals surface area contributed by atoms with E-state index in [1.807, 2.05) is 0 Å². The van der Waals surface area contributed by atoms with Crippen molar-refractivity contribution < 1.29 is 5.11 Å². The summed E-state index contributed by atoms with van der Waals surface area (Å²) < 4.78 is 0. The molecule has 1 aromatic heterocycles. The van der Waals surface area contributed by atoms with Crippen LogP contribution in [0.2, 0.25) is 0 Å². The smallest absolute Gasteiger partial charge is 0.110 e. The third-order valence-corrected chi connectivity index (χ3v) is 3.26. The average Bonchev–Trinajstić information content (AvgIpc) is 2.95. The van der Waals surface area contributed by atoms with E-state index in [1.165, 1.54) is 11.1 Å². The van der Waals surface area contributed by atoms with E-state index < -0.39 is 0 Å². The van der Waals surface area contributed by atoms with Crippen LogP contribution in [0.1, 0.15) is 28.6 Å². The Kier molecular flexibility index (Phi) is 2.26. The van der Waals surface area contributed by atoms with Crippen LogP contribution in [0, 0.1) is 0 Å². The van der Waals surface area contributed by atoms with Crippen molar-refractivity contribution in [3.8, 4) is 0 Å². The summed E-state index contributed by atoms with van der Waals surface area (Å²) in [7, 11) is 0. The molecule has 0 radical (unpaired) electrons. The van der Waals surface area contributed by atoms with E-state index in [-0.39, 0.29) is 6.61 Å². The molecule has 0 amide bonds. The van der Waals surface area contributed by atoms with Crippen molar-refractivity contribution in [2.24, 2.45) is 0 Å². The minimum Gasteiger partial charge on any atom is -0.390 e. The Bertz CT molecular complexity index is 479. The lowest BCUT2D eigenvalue weighted by Crippen LogP contribution is -2.00. The summed E-state index contributed by atoms with van der Waals surface area (Å²) in [6.45, 7) is 0.0344. The Balaban J connectivity index is 1.85. The number of nitrogens with one attached hydrogen (secondary N) is 1. The summed E-state index contributed by atoms with van der Waals surface area (Å²) in [6, 6.07) is 8.54. The molecule has 82 valence electrons. The number of benzene rings is 1. The van der Waals surface area contributed by atoms with Crippen LogP contribution in [0.4, 0.5) is 0 Å². The van der Waals surface area contributed by atoms with Gasteiger partial charge in [0.2, 0.25) is 0 Å². The number of H-pyrrole nitrogens is 1. The lowest BCUT2D eigenvalue weighted by atomic mass is 10.1. The van der Waals surface area contributed by atoms with Gasteiger partial charge < -0.3 is 10.1 Å². The Morgan fingerprint density at radius 2 is 1.94 bits per heavy atom. The maximum Gasteiger partial charge on any atom is 0.110 e. The molecule has 1 heterocycles. The number of aliphatic hydroxyl groups is 1. The molecule has 16 heavy (non-hydrogen) atoms. The fraction of sp³-hybridized carbons (Fsp3) is 0.308. The zero-order valence-electron chi connectivity index (χ0n) is 8.98. The van der Waals surface area contributed by atoms with E-state index in [0.29, 0.717) is 5.92 Å². The highest BCUT2D eigenvalue weighted by molar-refractivity contribution is 5.35. The molecule has 0 atom stereocenters. The van der Waals surface area contributed by atoms with Crippen molar-refractivity contribution in [1.29, 1.82) is 0 Å². The van der Waals surface area contributed by atoms with Gasteiger partial charge in [-0.05, 0) is 24.0 Å². The van der Waals surface area contributed by atoms with E-state index in [9.17, 15) is 0 Å². The molecule has 3 heteroatoms. The summed E-state index contributed by atoms with van der Waals surface area (Å²) >= 11 is 0. The Labute approximate surface area is 94.2 Å². The third-order valence-electron chi connectivity index (χ3n) is 3.26. The van der Waals surface area contributed by atoms with Gasteiger partial charge in [0.05, 0.1) is 18.5 Å². The molecular formula is C13H14N2O. The molecule has 0 saturated heterocycles. The van der Waals surface area contributed by atoms with Crippen molar-refractivity contribution in [2.45, 2.75) is 25.4 Å². The van der Waals surface area contributed by atoms with Gasteiger partial charge in [0.15, 0.2) is 0 Å². The standard InChI is InChI=1S/C13H14N2O/c16-8-12-7-14-13(15-12)11-5-9-3-1-2-4-10(9)6-11/h1-4,7,11,16H,5-6,8H2,(H,14,15). The highest BCUT2D eigenvalue weighted by atomic mass is 16.3. The molecule has 1 aliphatic carbocycles. The molecule has 0 aliphatic heterocycles. The Morgan fingerprint density at radius 3 is 2.50 bits per heavy atom.